The molecule has 2 heteroatoms. The molecule has 0 heterocycles. The number of hydrogen-bond donors (Lipinski definition) is 0. The van der Waals surface area contributed by atoms with E-state index in [1.54, 1.807) is 6.92 Å². The molecular weight excluding hydrogens is 174 g/mol. The first-order valence-corrected chi connectivity index (χ1v) is 5.25. The molecule has 0 radical (unpaired) electrons. The van der Waals surface area contributed by atoms with E-state index in [9.17, 15) is 4.79 Å². The topological polar surface area (TPSA) is 20.3 Å². The van der Waals surface area contributed by atoms with Gasteiger partial charge in [-0.05, 0) is 19.3 Å². The van der Waals surface area contributed by atoms with Gasteiger partial charge in [-0.25, -0.2) is 0 Å². The summed E-state index contributed by atoms with van der Waals surface area (Å²) < 4.78 is 0. The van der Waals surface area contributed by atoms with Crippen molar-refractivity contribution in [2.45, 2.75) is 27.2 Å². The number of nitrogens with zero attached hydrogens (tertiary/aromatic N) is 1. The highest BCUT2D eigenvalue weighted by molar-refractivity contribution is 5.73. The number of carbonyl (C=O) groups is 1. The van der Waals surface area contributed by atoms with Crippen LogP contribution in [0.25, 0.3) is 0 Å². The van der Waals surface area contributed by atoms with Gasteiger partial charge in [0.15, 0.2) is 0 Å². The number of hydrogen-bond acceptors (Lipinski definition) is 1. The highest BCUT2D eigenvalue weighted by Crippen LogP contribution is 2.18. The maximum absolute atomic E-state index is 11.2. The van der Waals surface area contributed by atoms with Crippen molar-refractivity contribution in [1.29, 1.82) is 0 Å². The van der Waals surface area contributed by atoms with Crippen molar-refractivity contribution < 1.29 is 4.79 Å². The molecule has 1 aliphatic carbocycles. The first-order valence-electron chi connectivity index (χ1n) is 5.25. The number of likely N-dealkylation sites (N-methyl/N-ethyl adjacent to an activating group) is 1. The number of allylic oxidation sites excluding steroid dienone is 3. The molecule has 0 aromatic rings. The summed E-state index contributed by atoms with van der Waals surface area (Å²) in [4.78, 5) is 13.1. The molecule has 1 atom stereocenters. The van der Waals surface area contributed by atoms with E-state index >= 15 is 0 Å². The molecule has 0 N–H and O–H groups in total. The predicted molar refractivity (Wildman–Crippen MR) is 58.9 cm³/mol. The van der Waals surface area contributed by atoms with E-state index in [0.717, 1.165) is 19.5 Å². The monoisotopic (exact) mass is 193 g/mol. The van der Waals surface area contributed by atoms with Crippen LogP contribution in [-0.4, -0.2) is 23.9 Å². The largest absolute Gasteiger partial charge is 0.339 e. The van der Waals surface area contributed by atoms with Gasteiger partial charge in [0.05, 0.1) is 0 Å². The van der Waals surface area contributed by atoms with E-state index in [0.29, 0.717) is 5.92 Å². The molecule has 1 amide bonds. The minimum atomic E-state index is 0.163. The third kappa shape index (κ3) is 3.02. The Morgan fingerprint density at radius 3 is 2.86 bits per heavy atom. The lowest BCUT2D eigenvalue weighted by Gasteiger charge is -2.23. The van der Waals surface area contributed by atoms with E-state index < -0.39 is 0 Å². The van der Waals surface area contributed by atoms with Crippen molar-refractivity contribution in [2.24, 2.45) is 5.92 Å². The molecule has 0 bridgehead atoms. The summed E-state index contributed by atoms with van der Waals surface area (Å²) in [5.41, 5.74) is 1.36. The van der Waals surface area contributed by atoms with Gasteiger partial charge < -0.3 is 4.90 Å². The minimum Gasteiger partial charge on any atom is -0.339 e. The van der Waals surface area contributed by atoms with Crippen LogP contribution in [0.3, 0.4) is 0 Å². The number of carbonyl (C=O) groups excluding carboxylic acids is 1. The fourth-order valence-electron chi connectivity index (χ4n) is 1.74. The zero-order chi connectivity index (χ0) is 10.6. The summed E-state index contributed by atoms with van der Waals surface area (Å²) in [6.07, 6.45) is 7.51. The summed E-state index contributed by atoms with van der Waals surface area (Å²) >= 11 is 0. The lowest BCUT2D eigenvalue weighted by Crippen LogP contribution is -2.30. The average molecular weight is 193 g/mol. The summed E-state index contributed by atoms with van der Waals surface area (Å²) in [5.74, 6) is 0.774. The highest BCUT2D eigenvalue weighted by Gasteiger charge is 2.11. The molecule has 0 aromatic heterocycles. The molecular formula is C12H19NO. The molecule has 0 aliphatic heterocycles. The first-order chi connectivity index (χ1) is 6.63. The minimum absolute atomic E-state index is 0.163. The molecule has 1 unspecified atom stereocenters. The Bertz CT molecular complexity index is 265. The van der Waals surface area contributed by atoms with Crippen LogP contribution >= 0.6 is 0 Å². The first kappa shape index (κ1) is 11.0. The Morgan fingerprint density at radius 2 is 2.36 bits per heavy atom. The SMILES string of the molecule is CCN(CC1=CC=CC(C)C1)C(C)=O. The zero-order valence-corrected chi connectivity index (χ0v) is 9.29. The Labute approximate surface area is 86.3 Å². The summed E-state index contributed by atoms with van der Waals surface area (Å²) in [6.45, 7) is 7.44. The lowest BCUT2D eigenvalue weighted by molar-refractivity contribution is -0.128. The van der Waals surface area contributed by atoms with Gasteiger partial charge in [-0.3, -0.25) is 4.79 Å². The molecule has 0 fully saturated rings. The van der Waals surface area contributed by atoms with Gasteiger partial charge in [-0.15, -0.1) is 0 Å². The van der Waals surface area contributed by atoms with Crippen molar-refractivity contribution >= 4 is 5.91 Å². The van der Waals surface area contributed by atoms with Gasteiger partial charge in [-0.2, -0.15) is 0 Å². The Hall–Kier alpha value is -1.05. The second-order valence-corrected chi connectivity index (χ2v) is 3.92. The van der Waals surface area contributed by atoms with Gasteiger partial charge in [0.1, 0.15) is 0 Å². The van der Waals surface area contributed by atoms with Crippen LogP contribution in [0.4, 0.5) is 0 Å². The van der Waals surface area contributed by atoms with E-state index in [2.05, 4.69) is 25.2 Å². The van der Waals surface area contributed by atoms with Crippen LogP contribution in [0.1, 0.15) is 27.2 Å². The molecule has 0 aromatic carbocycles. The normalized spacial score (nSPS) is 20.5. The Balaban J connectivity index is 2.55. The number of amides is 1. The molecule has 2 nitrogen and oxygen atoms in total. The zero-order valence-electron chi connectivity index (χ0n) is 9.29. The predicted octanol–water partition coefficient (Wildman–Crippen LogP) is 2.38. The molecule has 14 heavy (non-hydrogen) atoms. The van der Waals surface area contributed by atoms with Crippen LogP contribution < -0.4 is 0 Å². The van der Waals surface area contributed by atoms with E-state index in [1.165, 1.54) is 5.57 Å². The second kappa shape index (κ2) is 4.99. The second-order valence-electron chi connectivity index (χ2n) is 3.92. The van der Waals surface area contributed by atoms with Crippen LogP contribution in [0.15, 0.2) is 23.8 Å². The van der Waals surface area contributed by atoms with Gasteiger partial charge in [0.2, 0.25) is 5.91 Å². The number of rotatable bonds is 3. The van der Waals surface area contributed by atoms with Crippen molar-refractivity contribution in [3.63, 3.8) is 0 Å². The third-order valence-corrected chi connectivity index (χ3v) is 2.58. The molecule has 0 saturated heterocycles. The molecule has 1 aliphatic rings. The van der Waals surface area contributed by atoms with Gasteiger partial charge in [0, 0.05) is 20.0 Å². The summed E-state index contributed by atoms with van der Waals surface area (Å²) in [6, 6.07) is 0. The molecule has 1 rings (SSSR count). The Kier molecular flexibility index (Phi) is 3.93. The maximum atomic E-state index is 11.2. The standard InChI is InChI=1S/C12H19NO/c1-4-13(11(3)14)9-12-7-5-6-10(2)8-12/h5-7,10H,4,8-9H2,1-3H3. The summed E-state index contributed by atoms with van der Waals surface area (Å²) in [5, 5.41) is 0. The Morgan fingerprint density at radius 1 is 1.64 bits per heavy atom. The van der Waals surface area contributed by atoms with Crippen LogP contribution in [0, 0.1) is 5.92 Å². The van der Waals surface area contributed by atoms with Crippen LogP contribution in [0.5, 0.6) is 0 Å². The van der Waals surface area contributed by atoms with Crippen molar-refractivity contribution in [3.8, 4) is 0 Å². The van der Waals surface area contributed by atoms with Crippen molar-refractivity contribution in [1.82, 2.24) is 4.90 Å². The van der Waals surface area contributed by atoms with Gasteiger partial charge >= 0.3 is 0 Å². The fourth-order valence-corrected chi connectivity index (χ4v) is 1.74. The van der Waals surface area contributed by atoms with E-state index in [-0.39, 0.29) is 5.91 Å². The van der Waals surface area contributed by atoms with Crippen LogP contribution in [0.2, 0.25) is 0 Å². The van der Waals surface area contributed by atoms with E-state index in [4.69, 9.17) is 0 Å². The average Bonchev–Trinajstić information content (AvgIpc) is 2.14. The van der Waals surface area contributed by atoms with Gasteiger partial charge in [-0.1, -0.05) is 30.7 Å². The quantitative estimate of drug-likeness (QED) is 0.674. The highest BCUT2D eigenvalue weighted by atomic mass is 16.2. The molecule has 0 saturated carbocycles. The third-order valence-electron chi connectivity index (χ3n) is 2.58. The maximum Gasteiger partial charge on any atom is 0.219 e. The van der Waals surface area contributed by atoms with Crippen molar-refractivity contribution in [2.75, 3.05) is 13.1 Å². The van der Waals surface area contributed by atoms with Crippen molar-refractivity contribution in [3.05, 3.63) is 23.8 Å². The molecule has 0 spiro atoms. The fraction of sp³-hybridized carbons (Fsp3) is 0.583. The molecule has 78 valence electrons. The summed E-state index contributed by atoms with van der Waals surface area (Å²) in [7, 11) is 0. The van der Waals surface area contributed by atoms with E-state index in [1.807, 2.05) is 11.8 Å². The van der Waals surface area contributed by atoms with Crippen LogP contribution in [-0.2, 0) is 4.79 Å². The lowest BCUT2D eigenvalue weighted by atomic mass is 9.96. The van der Waals surface area contributed by atoms with Gasteiger partial charge in [0.25, 0.3) is 0 Å². The smallest absolute Gasteiger partial charge is 0.219 e.